The molecule has 0 saturated heterocycles. The lowest BCUT2D eigenvalue weighted by Crippen LogP contribution is -2.20. The highest BCUT2D eigenvalue weighted by molar-refractivity contribution is 5.40. The van der Waals surface area contributed by atoms with Crippen molar-refractivity contribution >= 4 is 5.82 Å². The minimum Gasteiger partial charge on any atom is -0.384 e. The molecule has 76 valence electrons. The van der Waals surface area contributed by atoms with Crippen molar-refractivity contribution in [2.45, 2.75) is 13.0 Å². The number of likely N-dealkylation sites (N-methyl/N-ethyl adjacent to an activating group) is 1. The van der Waals surface area contributed by atoms with Crippen LogP contribution in [0.4, 0.5) is 5.82 Å². The van der Waals surface area contributed by atoms with Crippen LogP contribution in [0.25, 0.3) is 0 Å². The predicted molar refractivity (Wildman–Crippen MR) is 54.5 cm³/mol. The monoisotopic (exact) mass is 193 g/mol. The van der Waals surface area contributed by atoms with E-state index in [0.29, 0.717) is 12.2 Å². The van der Waals surface area contributed by atoms with E-state index in [1.54, 1.807) is 10.9 Å². The number of rotatable bonds is 4. The molecule has 0 aliphatic heterocycles. The molecular formula is C9H15N5. The first-order chi connectivity index (χ1) is 6.65. The maximum absolute atomic E-state index is 8.52. The van der Waals surface area contributed by atoms with Crippen molar-refractivity contribution in [2.75, 3.05) is 26.4 Å². The van der Waals surface area contributed by atoms with Crippen molar-refractivity contribution in [1.82, 2.24) is 14.7 Å². The van der Waals surface area contributed by atoms with E-state index in [-0.39, 0.29) is 0 Å². The smallest absolute Gasteiger partial charge is 0.125 e. The van der Waals surface area contributed by atoms with Gasteiger partial charge in [0.2, 0.25) is 0 Å². The molecule has 0 aromatic carbocycles. The van der Waals surface area contributed by atoms with Gasteiger partial charge >= 0.3 is 0 Å². The summed E-state index contributed by atoms with van der Waals surface area (Å²) in [7, 11) is 3.99. The van der Waals surface area contributed by atoms with Crippen LogP contribution >= 0.6 is 0 Å². The molecule has 0 bridgehead atoms. The van der Waals surface area contributed by atoms with Crippen LogP contribution in [0.15, 0.2) is 6.20 Å². The number of aromatic nitrogens is 2. The molecule has 0 atom stereocenters. The molecular weight excluding hydrogens is 178 g/mol. The Labute approximate surface area is 83.7 Å². The fraction of sp³-hybridized carbons (Fsp3) is 0.556. The van der Waals surface area contributed by atoms with Crippen molar-refractivity contribution in [2.24, 2.45) is 0 Å². The standard InChI is InChI=1S/C9H15N5/c1-13(2)5-6-14-9(11)8(3-4-10)7-12-14/h7H,3,5-6,11H2,1-2H3. The van der Waals surface area contributed by atoms with Crippen LogP contribution in [-0.2, 0) is 13.0 Å². The molecule has 0 aliphatic carbocycles. The molecule has 5 nitrogen and oxygen atoms in total. The van der Waals surface area contributed by atoms with Crippen molar-refractivity contribution in [3.63, 3.8) is 0 Å². The lowest BCUT2D eigenvalue weighted by molar-refractivity contribution is 0.375. The summed E-state index contributed by atoms with van der Waals surface area (Å²) in [5.41, 5.74) is 6.62. The second kappa shape index (κ2) is 4.63. The van der Waals surface area contributed by atoms with Crippen molar-refractivity contribution in [1.29, 1.82) is 5.26 Å². The topological polar surface area (TPSA) is 70.9 Å². The van der Waals surface area contributed by atoms with Gasteiger partial charge in [0.15, 0.2) is 0 Å². The molecule has 0 amide bonds. The quantitative estimate of drug-likeness (QED) is 0.735. The van der Waals surface area contributed by atoms with Crippen LogP contribution in [-0.4, -0.2) is 35.3 Å². The van der Waals surface area contributed by atoms with Gasteiger partial charge in [-0.1, -0.05) is 0 Å². The predicted octanol–water partition coefficient (Wildman–Crippen LogP) is 0.0930. The van der Waals surface area contributed by atoms with Gasteiger partial charge in [-0.05, 0) is 14.1 Å². The second-order valence-electron chi connectivity index (χ2n) is 3.42. The van der Waals surface area contributed by atoms with Crippen molar-refractivity contribution in [3.05, 3.63) is 11.8 Å². The molecule has 1 heterocycles. The van der Waals surface area contributed by atoms with Gasteiger partial charge in [0.1, 0.15) is 5.82 Å². The highest BCUT2D eigenvalue weighted by atomic mass is 15.3. The third-order valence-corrected chi connectivity index (χ3v) is 1.99. The second-order valence-corrected chi connectivity index (χ2v) is 3.42. The maximum Gasteiger partial charge on any atom is 0.125 e. The zero-order valence-corrected chi connectivity index (χ0v) is 8.56. The molecule has 1 aromatic heterocycles. The molecule has 2 N–H and O–H groups in total. The maximum atomic E-state index is 8.52. The first kappa shape index (κ1) is 10.5. The molecule has 0 radical (unpaired) electrons. The number of nitrogen functional groups attached to an aromatic ring is 1. The average Bonchev–Trinajstić information content (AvgIpc) is 2.46. The summed E-state index contributed by atoms with van der Waals surface area (Å²) in [5, 5.41) is 12.6. The van der Waals surface area contributed by atoms with Gasteiger partial charge in [0.25, 0.3) is 0 Å². The fourth-order valence-electron chi connectivity index (χ4n) is 1.13. The van der Waals surface area contributed by atoms with E-state index in [0.717, 1.165) is 18.7 Å². The summed E-state index contributed by atoms with van der Waals surface area (Å²) in [5.74, 6) is 0.605. The average molecular weight is 193 g/mol. The fourth-order valence-corrected chi connectivity index (χ4v) is 1.13. The van der Waals surface area contributed by atoms with E-state index in [1.165, 1.54) is 0 Å². The molecule has 0 fully saturated rings. The minimum atomic E-state index is 0.327. The zero-order valence-electron chi connectivity index (χ0n) is 8.56. The summed E-state index contributed by atoms with van der Waals surface area (Å²) in [6, 6.07) is 2.06. The molecule has 14 heavy (non-hydrogen) atoms. The lowest BCUT2D eigenvalue weighted by atomic mass is 10.2. The summed E-state index contributed by atoms with van der Waals surface area (Å²) in [6.07, 6.45) is 1.99. The number of nitrogens with two attached hydrogens (primary N) is 1. The van der Waals surface area contributed by atoms with Gasteiger partial charge in [-0.3, -0.25) is 0 Å². The molecule has 0 unspecified atom stereocenters. The number of nitriles is 1. The summed E-state index contributed by atoms with van der Waals surface area (Å²) >= 11 is 0. The van der Waals surface area contributed by atoms with Crippen molar-refractivity contribution in [3.8, 4) is 6.07 Å². The number of anilines is 1. The molecule has 0 spiro atoms. The van der Waals surface area contributed by atoms with Crippen LogP contribution in [0.5, 0.6) is 0 Å². The number of nitrogens with zero attached hydrogens (tertiary/aromatic N) is 4. The van der Waals surface area contributed by atoms with E-state index in [2.05, 4.69) is 16.1 Å². The van der Waals surface area contributed by atoms with Crippen LogP contribution < -0.4 is 5.73 Å². The SMILES string of the molecule is CN(C)CCn1ncc(CC#N)c1N. The van der Waals surface area contributed by atoms with Gasteiger partial charge in [0.05, 0.1) is 25.2 Å². The van der Waals surface area contributed by atoms with E-state index in [9.17, 15) is 0 Å². The first-order valence-electron chi connectivity index (χ1n) is 4.47. The minimum absolute atomic E-state index is 0.327. The Balaban J connectivity index is 2.65. The van der Waals surface area contributed by atoms with Crippen LogP contribution in [0, 0.1) is 11.3 Å². The number of hydrogen-bond acceptors (Lipinski definition) is 4. The largest absolute Gasteiger partial charge is 0.384 e. The first-order valence-corrected chi connectivity index (χ1v) is 4.47. The van der Waals surface area contributed by atoms with Crippen molar-refractivity contribution < 1.29 is 0 Å². The number of hydrogen-bond donors (Lipinski definition) is 1. The van der Waals surface area contributed by atoms with E-state index in [1.807, 2.05) is 14.1 Å². The highest BCUT2D eigenvalue weighted by Crippen LogP contribution is 2.10. The summed E-state index contributed by atoms with van der Waals surface area (Å²) < 4.78 is 1.73. The Kier molecular flexibility index (Phi) is 3.48. The zero-order chi connectivity index (χ0) is 10.6. The molecule has 0 saturated carbocycles. The summed E-state index contributed by atoms with van der Waals surface area (Å²) in [4.78, 5) is 2.06. The normalized spacial score (nSPS) is 10.4. The van der Waals surface area contributed by atoms with E-state index >= 15 is 0 Å². The Hall–Kier alpha value is -1.54. The third-order valence-electron chi connectivity index (χ3n) is 1.99. The Morgan fingerprint density at radius 3 is 2.93 bits per heavy atom. The van der Waals surface area contributed by atoms with Gasteiger partial charge in [-0.25, -0.2) is 4.68 Å². The molecule has 1 rings (SSSR count). The summed E-state index contributed by atoms with van der Waals surface area (Å²) in [6.45, 7) is 1.64. The Bertz CT molecular complexity index is 333. The van der Waals surface area contributed by atoms with Crippen LogP contribution in [0.1, 0.15) is 5.56 Å². The van der Waals surface area contributed by atoms with Crippen LogP contribution in [0.2, 0.25) is 0 Å². The van der Waals surface area contributed by atoms with Gasteiger partial charge < -0.3 is 10.6 Å². The van der Waals surface area contributed by atoms with Gasteiger partial charge in [-0.2, -0.15) is 10.4 Å². The molecule has 1 aromatic rings. The highest BCUT2D eigenvalue weighted by Gasteiger charge is 2.06. The van der Waals surface area contributed by atoms with E-state index in [4.69, 9.17) is 11.0 Å². The third kappa shape index (κ3) is 2.47. The van der Waals surface area contributed by atoms with E-state index < -0.39 is 0 Å². The van der Waals surface area contributed by atoms with Gasteiger partial charge in [0, 0.05) is 12.1 Å². The Morgan fingerprint density at radius 1 is 1.64 bits per heavy atom. The Morgan fingerprint density at radius 2 is 2.36 bits per heavy atom. The van der Waals surface area contributed by atoms with Gasteiger partial charge in [-0.15, -0.1) is 0 Å². The van der Waals surface area contributed by atoms with Crippen LogP contribution in [0.3, 0.4) is 0 Å². The molecule has 0 aliphatic rings. The molecule has 5 heteroatoms. The lowest BCUT2D eigenvalue weighted by Gasteiger charge is -2.10.